The van der Waals surface area contributed by atoms with Crippen LogP contribution in [0.15, 0.2) is 91.3 Å². The number of rotatable bonds is 8. The third kappa shape index (κ3) is 5.17. The highest BCUT2D eigenvalue weighted by atomic mass is 32.1. The zero-order valence-corrected chi connectivity index (χ0v) is 21.0. The lowest BCUT2D eigenvalue weighted by atomic mass is 10.0. The predicted molar refractivity (Wildman–Crippen MR) is 144 cm³/mol. The Hall–Kier alpha value is -4.24. The number of carbonyl (C=O) groups excluding carboxylic acids is 1. The van der Waals surface area contributed by atoms with Gasteiger partial charge in [0.2, 0.25) is 5.91 Å². The second-order valence-electron chi connectivity index (χ2n) is 8.60. The molecule has 0 saturated carbocycles. The van der Waals surface area contributed by atoms with E-state index in [0.29, 0.717) is 11.7 Å². The first kappa shape index (κ1) is 24.5. The van der Waals surface area contributed by atoms with Crippen molar-refractivity contribution in [3.05, 3.63) is 108 Å². The van der Waals surface area contributed by atoms with Gasteiger partial charge in [0, 0.05) is 42.8 Å². The van der Waals surface area contributed by atoms with E-state index in [1.165, 1.54) is 12.1 Å². The summed E-state index contributed by atoms with van der Waals surface area (Å²) in [5.41, 5.74) is 2.91. The van der Waals surface area contributed by atoms with Crippen molar-refractivity contribution < 1.29 is 13.9 Å². The lowest BCUT2D eigenvalue weighted by molar-refractivity contribution is -0.116. The highest BCUT2D eigenvalue weighted by Gasteiger charge is 2.41. The maximum Gasteiger partial charge on any atom is 0.226 e. The van der Waals surface area contributed by atoms with Gasteiger partial charge in [-0.1, -0.05) is 24.3 Å². The molecule has 1 amide bonds. The average Bonchev–Trinajstić information content (AvgIpc) is 3.53. The van der Waals surface area contributed by atoms with E-state index in [9.17, 15) is 9.18 Å². The zero-order valence-electron chi connectivity index (χ0n) is 20.2. The van der Waals surface area contributed by atoms with Gasteiger partial charge < -0.3 is 24.8 Å². The summed E-state index contributed by atoms with van der Waals surface area (Å²) in [5.74, 6) is -0.0188. The number of carbonyl (C=O) groups is 1. The lowest BCUT2D eigenvalue weighted by Gasteiger charge is -2.29. The maximum absolute atomic E-state index is 14.0. The van der Waals surface area contributed by atoms with Crippen molar-refractivity contribution in [2.75, 3.05) is 19.0 Å². The fourth-order valence-corrected chi connectivity index (χ4v) is 4.93. The van der Waals surface area contributed by atoms with Crippen molar-refractivity contribution in [3.63, 3.8) is 0 Å². The molecular weight excluding hydrogens is 489 g/mol. The Labute approximate surface area is 219 Å². The van der Waals surface area contributed by atoms with Gasteiger partial charge in [0.25, 0.3) is 0 Å². The monoisotopic (exact) mass is 515 g/mol. The molecule has 1 saturated heterocycles. The molecule has 1 fully saturated rings. The van der Waals surface area contributed by atoms with Crippen molar-refractivity contribution in [2.45, 2.75) is 18.5 Å². The molecule has 2 N–H and O–H groups in total. The molecule has 9 heteroatoms. The van der Waals surface area contributed by atoms with Gasteiger partial charge in [0.1, 0.15) is 11.6 Å². The van der Waals surface area contributed by atoms with Crippen molar-refractivity contribution in [1.82, 2.24) is 19.8 Å². The predicted octanol–water partition coefficient (Wildman–Crippen LogP) is 5.02. The van der Waals surface area contributed by atoms with E-state index in [2.05, 4.69) is 20.2 Å². The van der Waals surface area contributed by atoms with Crippen LogP contribution in [0.2, 0.25) is 0 Å². The van der Waals surface area contributed by atoms with Crippen LogP contribution in [0, 0.1) is 5.82 Å². The molecule has 37 heavy (non-hydrogen) atoms. The molecule has 2 aromatic carbocycles. The van der Waals surface area contributed by atoms with Gasteiger partial charge in [-0.25, -0.2) is 4.39 Å². The van der Waals surface area contributed by atoms with Gasteiger partial charge in [0.15, 0.2) is 5.11 Å². The Kier molecular flexibility index (Phi) is 7.14. The van der Waals surface area contributed by atoms with Crippen LogP contribution in [0.5, 0.6) is 5.75 Å². The second kappa shape index (κ2) is 10.8. The Bertz CT molecular complexity index is 1410. The lowest BCUT2D eigenvalue weighted by Crippen LogP contribution is -2.33. The number of hydrogen-bond acceptors (Lipinski definition) is 4. The minimum absolute atomic E-state index is 0.126. The number of hydrogen-bond donors (Lipinski definition) is 2. The molecule has 3 heterocycles. The first-order chi connectivity index (χ1) is 18.0. The maximum atomic E-state index is 14.0. The zero-order chi connectivity index (χ0) is 25.8. The van der Waals surface area contributed by atoms with E-state index in [1.807, 2.05) is 65.7 Å². The van der Waals surface area contributed by atoms with Gasteiger partial charge in [-0.05, 0) is 60.7 Å². The first-order valence-electron chi connectivity index (χ1n) is 11.9. The number of methoxy groups -OCH3 is 1. The number of halogens is 1. The van der Waals surface area contributed by atoms with Crippen molar-refractivity contribution in [3.8, 4) is 11.4 Å². The van der Waals surface area contributed by atoms with Crippen LogP contribution in [0.1, 0.15) is 29.9 Å². The van der Waals surface area contributed by atoms with Gasteiger partial charge in [-0.15, -0.1) is 0 Å². The normalized spacial score (nSPS) is 16.9. The van der Waals surface area contributed by atoms with E-state index in [0.717, 1.165) is 22.8 Å². The summed E-state index contributed by atoms with van der Waals surface area (Å²) in [4.78, 5) is 19.3. The van der Waals surface area contributed by atoms with Gasteiger partial charge >= 0.3 is 0 Å². The summed E-state index contributed by atoms with van der Waals surface area (Å²) >= 11 is 5.74. The summed E-state index contributed by atoms with van der Waals surface area (Å²) in [6, 6.07) is 23.2. The molecule has 0 aliphatic carbocycles. The molecule has 1 aliphatic rings. The number of benzene rings is 2. The summed E-state index contributed by atoms with van der Waals surface area (Å²) in [6.07, 6.45) is 3.87. The van der Waals surface area contributed by atoms with Crippen LogP contribution in [0.3, 0.4) is 0 Å². The molecule has 0 radical (unpaired) electrons. The van der Waals surface area contributed by atoms with Crippen LogP contribution >= 0.6 is 12.2 Å². The molecule has 7 nitrogen and oxygen atoms in total. The highest BCUT2D eigenvalue weighted by molar-refractivity contribution is 7.80. The molecule has 0 spiro atoms. The Morgan fingerprint density at radius 3 is 2.73 bits per heavy atom. The quantitative estimate of drug-likeness (QED) is 0.321. The Morgan fingerprint density at radius 2 is 1.95 bits per heavy atom. The summed E-state index contributed by atoms with van der Waals surface area (Å²) in [7, 11) is 1.64. The Morgan fingerprint density at radius 1 is 1.11 bits per heavy atom. The highest BCUT2D eigenvalue weighted by Crippen LogP contribution is 2.39. The third-order valence-corrected chi connectivity index (χ3v) is 6.69. The number of ether oxygens (including phenoxy) is 1. The molecular formula is C28H26FN5O2S. The number of nitrogens with zero attached hydrogens (tertiary/aromatic N) is 3. The van der Waals surface area contributed by atoms with Crippen molar-refractivity contribution >= 4 is 28.9 Å². The number of pyridine rings is 1. The fourth-order valence-electron chi connectivity index (χ4n) is 4.60. The van der Waals surface area contributed by atoms with E-state index in [4.69, 9.17) is 17.0 Å². The van der Waals surface area contributed by atoms with Gasteiger partial charge in [0.05, 0.1) is 30.6 Å². The minimum atomic E-state index is -0.474. The van der Waals surface area contributed by atoms with Crippen LogP contribution in [-0.4, -0.2) is 39.1 Å². The van der Waals surface area contributed by atoms with Crippen LogP contribution in [-0.2, 0) is 4.79 Å². The standard InChI is InChI=1S/C28H26FN5O2S/c1-36-20-9-6-8-19(18-20)33-16-7-13-24(33)27-26(23-12-4-5-15-30-23)32-28(37)34(27)17-14-25(35)31-22-11-3-2-10-21(22)29/h2-13,15-16,18,26-27H,14,17H2,1H3,(H,31,35)(H,32,37)/t26-,27+/m0/s1. The number of aromatic nitrogens is 2. The molecule has 4 aromatic rings. The first-order valence-corrected chi connectivity index (χ1v) is 12.3. The second-order valence-corrected chi connectivity index (χ2v) is 8.99. The van der Waals surface area contributed by atoms with E-state index in [-0.39, 0.29) is 30.1 Å². The molecule has 0 bridgehead atoms. The molecule has 2 atom stereocenters. The van der Waals surface area contributed by atoms with Crippen molar-refractivity contribution in [1.29, 1.82) is 0 Å². The summed E-state index contributed by atoms with van der Waals surface area (Å²) in [6.45, 7) is 0.337. The summed E-state index contributed by atoms with van der Waals surface area (Å²) in [5, 5.41) is 6.59. The van der Waals surface area contributed by atoms with Crippen molar-refractivity contribution in [2.24, 2.45) is 0 Å². The van der Waals surface area contributed by atoms with Crippen LogP contribution in [0.4, 0.5) is 10.1 Å². The molecule has 188 valence electrons. The number of thiocarbonyl (C=S) groups is 1. The number of anilines is 1. The molecule has 0 unspecified atom stereocenters. The molecule has 1 aliphatic heterocycles. The minimum Gasteiger partial charge on any atom is -0.497 e. The van der Waals surface area contributed by atoms with E-state index >= 15 is 0 Å². The summed E-state index contributed by atoms with van der Waals surface area (Å²) < 4.78 is 21.5. The topological polar surface area (TPSA) is 71.4 Å². The van der Waals surface area contributed by atoms with E-state index in [1.54, 1.807) is 25.4 Å². The smallest absolute Gasteiger partial charge is 0.226 e. The van der Waals surface area contributed by atoms with Crippen LogP contribution in [0.25, 0.3) is 5.69 Å². The number of para-hydroxylation sites is 1. The molecule has 2 aromatic heterocycles. The third-order valence-electron chi connectivity index (χ3n) is 6.34. The van der Waals surface area contributed by atoms with Crippen LogP contribution < -0.4 is 15.4 Å². The number of nitrogens with one attached hydrogen (secondary N) is 2. The largest absolute Gasteiger partial charge is 0.497 e. The van der Waals surface area contributed by atoms with E-state index < -0.39 is 5.82 Å². The van der Waals surface area contributed by atoms with Gasteiger partial charge in [-0.2, -0.15) is 0 Å². The number of amides is 1. The average molecular weight is 516 g/mol. The fraction of sp³-hybridized carbons (Fsp3) is 0.179. The Balaban J connectivity index is 1.45. The SMILES string of the molecule is COc1cccc(-n2cccc2[C@@H]2[C@H](c3ccccn3)NC(=S)N2CCC(=O)Nc2ccccc2F)c1. The van der Waals surface area contributed by atoms with Gasteiger partial charge in [-0.3, -0.25) is 9.78 Å². The molecule has 5 rings (SSSR count).